The van der Waals surface area contributed by atoms with E-state index in [4.69, 9.17) is 11.5 Å². The molecular weight excluding hydrogens is 526 g/mol. The number of benzene rings is 2. The van der Waals surface area contributed by atoms with Gasteiger partial charge in [-0.15, -0.1) is 0 Å². The molecule has 0 atom stereocenters. The number of amides is 2. The smallest absolute Gasteiger partial charge is 0.251 e. The Bertz CT molecular complexity index is 1410. The van der Waals surface area contributed by atoms with Crippen LogP contribution < -0.4 is 22.1 Å². The molecule has 2 amide bonds. The molecule has 0 spiro atoms. The number of anilines is 2. The predicted octanol–water partition coefficient (Wildman–Crippen LogP) is 2.41. The first-order valence-corrected chi connectivity index (χ1v) is 13.8. The number of nitrogens with one attached hydrogen (secondary N) is 2. The zero-order valence-corrected chi connectivity index (χ0v) is 24.8. The van der Waals surface area contributed by atoms with Crippen LogP contribution in [0.1, 0.15) is 56.1 Å². The molecule has 1 heterocycles. The molecule has 6 N–H and O–H groups in total. The highest BCUT2D eigenvalue weighted by molar-refractivity contribution is 5.95. The van der Waals surface area contributed by atoms with Crippen molar-refractivity contribution in [1.29, 1.82) is 0 Å². The van der Waals surface area contributed by atoms with Crippen LogP contribution in [0.25, 0.3) is 0 Å². The molecule has 0 fully saturated rings. The topological polar surface area (TPSA) is 130 Å². The van der Waals surface area contributed by atoms with E-state index < -0.39 is 0 Å². The zero-order valence-electron chi connectivity index (χ0n) is 24.8. The van der Waals surface area contributed by atoms with Crippen molar-refractivity contribution in [1.82, 2.24) is 25.4 Å². The maximum atomic E-state index is 12.6. The minimum Gasteiger partial charge on any atom is -0.398 e. The van der Waals surface area contributed by atoms with Crippen molar-refractivity contribution >= 4 is 23.2 Å². The van der Waals surface area contributed by atoms with Gasteiger partial charge in [-0.05, 0) is 114 Å². The van der Waals surface area contributed by atoms with Crippen molar-refractivity contribution in [3.05, 3.63) is 88.2 Å². The van der Waals surface area contributed by atoms with Crippen molar-refractivity contribution in [2.45, 2.75) is 12.8 Å². The highest BCUT2D eigenvalue weighted by Gasteiger charge is 2.09. The maximum absolute atomic E-state index is 12.6. The van der Waals surface area contributed by atoms with E-state index in [9.17, 15) is 9.59 Å². The number of pyridine rings is 1. The van der Waals surface area contributed by atoms with Crippen molar-refractivity contribution < 1.29 is 9.59 Å². The van der Waals surface area contributed by atoms with Crippen LogP contribution in [0.2, 0.25) is 0 Å². The van der Waals surface area contributed by atoms with Crippen LogP contribution in [-0.4, -0.2) is 81.0 Å². The van der Waals surface area contributed by atoms with E-state index in [0.717, 1.165) is 25.9 Å². The van der Waals surface area contributed by atoms with Gasteiger partial charge in [0.15, 0.2) is 0 Å². The molecule has 0 aliphatic rings. The highest BCUT2D eigenvalue weighted by atomic mass is 16.2. The van der Waals surface area contributed by atoms with Gasteiger partial charge >= 0.3 is 0 Å². The average Bonchev–Trinajstić information content (AvgIpc) is 2.96. The molecule has 0 unspecified atom stereocenters. The largest absolute Gasteiger partial charge is 0.398 e. The fourth-order valence-electron chi connectivity index (χ4n) is 3.85. The average molecular weight is 566 g/mol. The third-order valence-corrected chi connectivity index (χ3v) is 6.17. The minimum absolute atomic E-state index is 0.169. The van der Waals surface area contributed by atoms with E-state index in [-0.39, 0.29) is 11.8 Å². The molecule has 0 saturated carbocycles. The summed E-state index contributed by atoms with van der Waals surface area (Å²) in [4.78, 5) is 33.8. The molecule has 0 radical (unpaired) electrons. The van der Waals surface area contributed by atoms with Crippen LogP contribution in [0.3, 0.4) is 0 Å². The molecular formula is C33H39N7O2. The number of rotatable bonds is 10. The Morgan fingerprint density at radius 1 is 0.690 bits per heavy atom. The van der Waals surface area contributed by atoms with E-state index in [1.54, 1.807) is 48.5 Å². The molecule has 9 heteroatoms. The third-order valence-electron chi connectivity index (χ3n) is 6.17. The molecule has 42 heavy (non-hydrogen) atoms. The van der Waals surface area contributed by atoms with Gasteiger partial charge in [0.05, 0.1) is 0 Å². The van der Waals surface area contributed by atoms with Crippen LogP contribution in [0.4, 0.5) is 11.4 Å². The molecule has 3 rings (SSSR count). The van der Waals surface area contributed by atoms with E-state index in [1.807, 2.05) is 34.3 Å². The van der Waals surface area contributed by atoms with Crippen LogP contribution in [0.15, 0.2) is 54.6 Å². The molecule has 1 aromatic heterocycles. The number of carbonyl (C=O) groups is 2. The monoisotopic (exact) mass is 565 g/mol. The molecule has 3 aromatic rings. The fraction of sp³-hybridized carbons (Fsp3) is 0.303. The lowest BCUT2D eigenvalue weighted by molar-refractivity contribution is 0.0944. The summed E-state index contributed by atoms with van der Waals surface area (Å²) in [6, 6.07) is 15.4. The molecule has 0 bridgehead atoms. The van der Waals surface area contributed by atoms with E-state index in [2.05, 4.69) is 49.1 Å². The second-order valence-corrected chi connectivity index (χ2v) is 10.3. The van der Waals surface area contributed by atoms with Gasteiger partial charge in [0.1, 0.15) is 11.4 Å². The Morgan fingerprint density at radius 3 is 1.52 bits per heavy atom. The number of carbonyl (C=O) groups excluding carboxylic acids is 2. The SMILES string of the molecule is CN(C)CCCNC(=O)c1ccc(N)c(C#Cc2cccc(C#Cc3cc(C(=O)NCCCN(C)C)ccc3N)n2)c1. The van der Waals surface area contributed by atoms with Gasteiger partial charge in [0.2, 0.25) is 0 Å². The number of nitrogen functional groups attached to an aromatic ring is 2. The Morgan fingerprint density at radius 2 is 1.12 bits per heavy atom. The third kappa shape index (κ3) is 10.3. The number of nitrogens with two attached hydrogens (primary N) is 2. The van der Waals surface area contributed by atoms with Gasteiger partial charge in [0.25, 0.3) is 11.8 Å². The number of nitrogens with zero attached hydrogens (tertiary/aromatic N) is 3. The first-order chi connectivity index (χ1) is 20.1. The predicted molar refractivity (Wildman–Crippen MR) is 169 cm³/mol. The summed E-state index contributed by atoms with van der Waals surface area (Å²) >= 11 is 0. The Kier molecular flexibility index (Phi) is 11.9. The van der Waals surface area contributed by atoms with Crippen LogP contribution in [0.5, 0.6) is 0 Å². The maximum Gasteiger partial charge on any atom is 0.251 e. The summed E-state index contributed by atoms with van der Waals surface area (Å²) in [7, 11) is 7.98. The summed E-state index contributed by atoms with van der Waals surface area (Å²) in [5, 5.41) is 5.85. The van der Waals surface area contributed by atoms with Gasteiger partial charge in [-0.1, -0.05) is 17.9 Å². The standard InChI is InChI=1S/C33H39N7O2/c1-39(2)20-6-18-36-32(41)26-12-16-30(34)24(22-26)10-14-28-8-5-9-29(38-28)15-11-25-23-27(13-17-31(25)35)33(42)37-19-7-21-40(3)4/h5,8-9,12-13,16-17,22-23H,6-7,18-21,34-35H2,1-4H3,(H,36,41)(H,37,42). The van der Waals surface area contributed by atoms with E-state index >= 15 is 0 Å². The van der Waals surface area contributed by atoms with Crippen molar-refractivity contribution in [3.63, 3.8) is 0 Å². The second kappa shape index (κ2) is 15.8. The molecule has 218 valence electrons. The molecule has 0 aliphatic heterocycles. The zero-order chi connectivity index (χ0) is 30.5. The lowest BCUT2D eigenvalue weighted by Gasteiger charge is -2.10. The Hall–Kier alpha value is -4.83. The molecule has 0 saturated heterocycles. The van der Waals surface area contributed by atoms with Gasteiger partial charge in [-0.3, -0.25) is 9.59 Å². The van der Waals surface area contributed by atoms with Gasteiger partial charge in [0, 0.05) is 46.7 Å². The van der Waals surface area contributed by atoms with Crippen LogP contribution in [-0.2, 0) is 0 Å². The quantitative estimate of drug-likeness (QED) is 0.169. The normalized spacial score (nSPS) is 10.4. The molecule has 9 nitrogen and oxygen atoms in total. The fourth-order valence-corrected chi connectivity index (χ4v) is 3.85. The lowest BCUT2D eigenvalue weighted by atomic mass is 10.1. The number of aromatic nitrogens is 1. The second-order valence-electron chi connectivity index (χ2n) is 10.3. The minimum atomic E-state index is -0.169. The van der Waals surface area contributed by atoms with E-state index in [1.165, 1.54) is 0 Å². The summed E-state index contributed by atoms with van der Waals surface area (Å²) in [6.07, 6.45) is 1.71. The van der Waals surface area contributed by atoms with E-state index in [0.29, 0.717) is 58.1 Å². The van der Waals surface area contributed by atoms with Gasteiger partial charge in [-0.25, -0.2) is 4.98 Å². The molecule has 2 aromatic carbocycles. The first-order valence-electron chi connectivity index (χ1n) is 13.8. The Balaban J connectivity index is 1.71. The first kappa shape index (κ1) is 31.7. The number of hydrogen-bond donors (Lipinski definition) is 4. The number of hydrogen-bond acceptors (Lipinski definition) is 7. The summed E-state index contributed by atoms with van der Waals surface area (Å²) in [5.41, 5.74) is 16.2. The molecule has 0 aliphatic carbocycles. The van der Waals surface area contributed by atoms with Gasteiger partial charge < -0.3 is 31.9 Å². The van der Waals surface area contributed by atoms with Crippen molar-refractivity contribution in [2.75, 3.05) is 65.8 Å². The van der Waals surface area contributed by atoms with Gasteiger partial charge in [-0.2, -0.15) is 0 Å². The highest BCUT2D eigenvalue weighted by Crippen LogP contribution is 2.15. The summed E-state index contributed by atoms with van der Waals surface area (Å²) in [5.74, 6) is 11.7. The lowest BCUT2D eigenvalue weighted by Crippen LogP contribution is -2.27. The van der Waals surface area contributed by atoms with Crippen LogP contribution >= 0.6 is 0 Å². The summed E-state index contributed by atoms with van der Waals surface area (Å²) < 4.78 is 0. The van der Waals surface area contributed by atoms with Crippen molar-refractivity contribution in [2.24, 2.45) is 0 Å². The summed E-state index contributed by atoms with van der Waals surface area (Å²) in [6.45, 7) is 2.95. The van der Waals surface area contributed by atoms with Crippen LogP contribution in [0, 0.1) is 23.7 Å². The Labute approximate surface area is 248 Å². The van der Waals surface area contributed by atoms with Crippen molar-refractivity contribution in [3.8, 4) is 23.7 Å².